The molecule has 4 heteroatoms. The fourth-order valence-electron chi connectivity index (χ4n) is 2.03. The second-order valence-corrected chi connectivity index (χ2v) is 5.99. The molecule has 0 aliphatic carbocycles. The third-order valence-electron chi connectivity index (χ3n) is 3.43. The molecule has 1 aromatic heterocycles. The zero-order chi connectivity index (χ0) is 14.3. The van der Waals surface area contributed by atoms with E-state index in [4.69, 9.17) is 4.98 Å². The zero-order valence-corrected chi connectivity index (χ0v) is 13.4. The molecule has 0 N–H and O–H groups in total. The lowest BCUT2D eigenvalue weighted by molar-refractivity contribution is 0.112. The number of anilines is 1. The van der Waals surface area contributed by atoms with Crippen molar-refractivity contribution in [2.24, 2.45) is 0 Å². The van der Waals surface area contributed by atoms with E-state index in [1.165, 1.54) is 12.8 Å². The Morgan fingerprint density at radius 3 is 2.58 bits per heavy atom. The molecule has 0 radical (unpaired) electrons. The number of aldehydes is 1. The summed E-state index contributed by atoms with van der Waals surface area (Å²) in [7, 11) is 0. The van der Waals surface area contributed by atoms with E-state index < -0.39 is 0 Å². The maximum Gasteiger partial charge on any atom is 0.186 e. The van der Waals surface area contributed by atoms with Crippen LogP contribution >= 0.6 is 11.3 Å². The number of aryl methyl sites for hydroxylation is 1. The summed E-state index contributed by atoms with van der Waals surface area (Å²) < 4.78 is 0. The predicted octanol–water partition coefficient (Wildman–Crippen LogP) is 4.31. The number of thiazole rings is 1. The summed E-state index contributed by atoms with van der Waals surface area (Å²) in [5, 5.41) is 1.02. The Bertz CT molecular complexity index is 389. The second kappa shape index (κ2) is 8.31. The molecule has 108 valence electrons. The van der Waals surface area contributed by atoms with Gasteiger partial charge in [0.05, 0.1) is 10.6 Å². The van der Waals surface area contributed by atoms with Crippen LogP contribution < -0.4 is 4.90 Å². The lowest BCUT2D eigenvalue weighted by atomic mass is 10.2. The molecule has 1 aromatic rings. The lowest BCUT2D eigenvalue weighted by Crippen LogP contribution is -2.33. The molecule has 0 amide bonds. The number of rotatable bonds is 9. The van der Waals surface area contributed by atoms with Gasteiger partial charge in [0.2, 0.25) is 0 Å². The molecule has 1 rings (SSSR count). The number of unbranched alkanes of at least 4 members (excludes halogenated alkanes) is 1. The van der Waals surface area contributed by atoms with Crippen molar-refractivity contribution in [3.05, 3.63) is 10.6 Å². The molecule has 0 fully saturated rings. The maximum absolute atomic E-state index is 11.1. The monoisotopic (exact) mass is 282 g/mol. The molecule has 0 saturated carbocycles. The van der Waals surface area contributed by atoms with Crippen LogP contribution in [0.3, 0.4) is 0 Å². The Morgan fingerprint density at radius 2 is 2.05 bits per heavy atom. The summed E-state index contributed by atoms with van der Waals surface area (Å²) in [5.41, 5.74) is 0.974. The van der Waals surface area contributed by atoms with E-state index in [0.717, 1.165) is 47.8 Å². The molecule has 0 aliphatic heterocycles. The van der Waals surface area contributed by atoms with Gasteiger partial charge in [0.15, 0.2) is 11.4 Å². The normalized spacial score (nSPS) is 12.4. The fourth-order valence-corrected chi connectivity index (χ4v) is 3.09. The third-order valence-corrected chi connectivity index (χ3v) is 4.49. The van der Waals surface area contributed by atoms with E-state index >= 15 is 0 Å². The zero-order valence-electron chi connectivity index (χ0n) is 12.6. The smallest absolute Gasteiger partial charge is 0.186 e. The van der Waals surface area contributed by atoms with Crippen LogP contribution in [-0.4, -0.2) is 23.9 Å². The van der Waals surface area contributed by atoms with Crippen LogP contribution in [0, 0.1) is 0 Å². The molecule has 0 saturated heterocycles. The molecule has 1 atom stereocenters. The summed E-state index contributed by atoms with van der Waals surface area (Å²) in [6.07, 6.45) is 6.34. The Labute approximate surface area is 121 Å². The van der Waals surface area contributed by atoms with Crippen LogP contribution in [0.2, 0.25) is 0 Å². The lowest BCUT2D eigenvalue weighted by Gasteiger charge is -2.28. The Morgan fingerprint density at radius 1 is 1.32 bits per heavy atom. The van der Waals surface area contributed by atoms with Crippen molar-refractivity contribution in [3.63, 3.8) is 0 Å². The summed E-state index contributed by atoms with van der Waals surface area (Å²) in [6, 6.07) is 0.478. The van der Waals surface area contributed by atoms with Crippen molar-refractivity contribution in [2.75, 3.05) is 11.4 Å². The Hall–Kier alpha value is -0.900. The quantitative estimate of drug-likeness (QED) is 0.633. The highest BCUT2D eigenvalue weighted by atomic mass is 32.1. The molecule has 19 heavy (non-hydrogen) atoms. The first kappa shape index (κ1) is 16.2. The maximum atomic E-state index is 11.1. The van der Waals surface area contributed by atoms with Gasteiger partial charge < -0.3 is 4.90 Å². The number of nitrogens with zero attached hydrogens (tertiary/aromatic N) is 2. The van der Waals surface area contributed by atoms with Crippen LogP contribution in [0.4, 0.5) is 5.13 Å². The van der Waals surface area contributed by atoms with E-state index in [-0.39, 0.29) is 0 Å². The Kier molecular flexibility index (Phi) is 7.06. The summed E-state index contributed by atoms with van der Waals surface area (Å²) >= 11 is 1.55. The minimum absolute atomic E-state index is 0.478. The molecular weight excluding hydrogens is 256 g/mol. The van der Waals surface area contributed by atoms with Gasteiger partial charge in [-0.1, -0.05) is 44.9 Å². The second-order valence-electron chi connectivity index (χ2n) is 4.98. The van der Waals surface area contributed by atoms with Gasteiger partial charge >= 0.3 is 0 Å². The minimum atomic E-state index is 0.478. The molecule has 1 heterocycles. The van der Waals surface area contributed by atoms with Crippen molar-refractivity contribution >= 4 is 22.8 Å². The molecule has 0 aliphatic rings. The van der Waals surface area contributed by atoms with Crippen LogP contribution in [0.1, 0.15) is 68.7 Å². The number of hydrogen-bond acceptors (Lipinski definition) is 4. The van der Waals surface area contributed by atoms with E-state index in [9.17, 15) is 4.79 Å². The number of hydrogen-bond donors (Lipinski definition) is 0. The van der Waals surface area contributed by atoms with E-state index in [1.54, 1.807) is 11.3 Å². The van der Waals surface area contributed by atoms with E-state index in [1.807, 2.05) is 0 Å². The highest BCUT2D eigenvalue weighted by molar-refractivity contribution is 7.17. The predicted molar refractivity (Wildman–Crippen MR) is 83.5 cm³/mol. The highest BCUT2D eigenvalue weighted by Crippen LogP contribution is 2.28. The average Bonchev–Trinajstić information content (AvgIpc) is 2.82. The molecule has 0 spiro atoms. The van der Waals surface area contributed by atoms with Crippen molar-refractivity contribution in [2.45, 2.75) is 65.8 Å². The number of carbonyl (C=O) groups excluding carboxylic acids is 1. The molecule has 0 bridgehead atoms. The number of carbonyl (C=O) groups is 1. The first-order valence-corrected chi connectivity index (χ1v) is 8.20. The summed E-state index contributed by atoms with van der Waals surface area (Å²) in [6.45, 7) is 9.79. The Balaban J connectivity index is 2.97. The standard InChI is InChI=1S/C15H26N2OS/c1-5-8-10-17(12(4)7-3)15-16-13(9-6-2)14(11-18)19-15/h11-12H,5-10H2,1-4H3. The SMILES string of the molecule is CCCCN(c1nc(CCC)c(C=O)s1)C(C)CC. The molecule has 1 unspecified atom stereocenters. The first-order chi connectivity index (χ1) is 9.17. The van der Waals surface area contributed by atoms with Crippen LogP contribution in [-0.2, 0) is 6.42 Å². The topological polar surface area (TPSA) is 33.2 Å². The van der Waals surface area contributed by atoms with Crippen molar-refractivity contribution in [1.29, 1.82) is 0 Å². The minimum Gasteiger partial charge on any atom is -0.345 e. The first-order valence-electron chi connectivity index (χ1n) is 7.39. The van der Waals surface area contributed by atoms with Gasteiger partial charge in [0, 0.05) is 12.6 Å². The highest BCUT2D eigenvalue weighted by Gasteiger charge is 2.18. The third kappa shape index (κ3) is 4.30. The summed E-state index contributed by atoms with van der Waals surface area (Å²) in [5.74, 6) is 0. The molecule has 0 aromatic carbocycles. The van der Waals surface area contributed by atoms with E-state index in [2.05, 4.69) is 32.6 Å². The molecule has 3 nitrogen and oxygen atoms in total. The van der Waals surface area contributed by atoms with Gasteiger partial charge in [-0.3, -0.25) is 4.79 Å². The van der Waals surface area contributed by atoms with Crippen molar-refractivity contribution in [1.82, 2.24) is 4.98 Å². The number of aromatic nitrogens is 1. The van der Waals surface area contributed by atoms with Gasteiger partial charge in [-0.2, -0.15) is 0 Å². The van der Waals surface area contributed by atoms with Gasteiger partial charge in [0.25, 0.3) is 0 Å². The van der Waals surface area contributed by atoms with Gasteiger partial charge in [0.1, 0.15) is 0 Å². The fraction of sp³-hybridized carbons (Fsp3) is 0.733. The van der Waals surface area contributed by atoms with Crippen molar-refractivity contribution < 1.29 is 4.79 Å². The van der Waals surface area contributed by atoms with Crippen LogP contribution in [0.15, 0.2) is 0 Å². The largest absolute Gasteiger partial charge is 0.345 e. The molecular formula is C15H26N2OS. The van der Waals surface area contributed by atoms with Crippen molar-refractivity contribution in [3.8, 4) is 0 Å². The summed E-state index contributed by atoms with van der Waals surface area (Å²) in [4.78, 5) is 19.0. The van der Waals surface area contributed by atoms with Gasteiger partial charge in [-0.25, -0.2) is 4.98 Å². The van der Waals surface area contributed by atoms with Crippen LogP contribution in [0.25, 0.3) is 0 Å². The van der Waals surface area contributed by atoms with Gasteiger partial charge in [-0.05, 0) is 26.2 Å². The average molecular weight is 282 g/mol. The van der Waals surface area contributed by atoms with Gasteiger partial charge in [-0.15, -0.1) is 0 Å². The van der Waals surface area contributed by atoms with Crippen LogP contribution in [0.5, 0.6) is 0 Å². The van der Waals surface area contributed by atoms with E-state index in [0.29, 0.717) is 6.04 Å².